The molecule has 40 heavy (non-hydrogen) atoms. The zero-order valence-corrected chi connectivity index (χ0v) is 21.8. The van der Waals surface area contributed by atoms with E-state index in [-0.39, 0.29) is 35.2 Å². The van der Waals surface area contributed by atoms with E-state index < -0.39 is 42.0 Å². The number of carbonyl (C=O) groups is 2. The van der Waals surface area contributed by atoms with Crippen molar-refractivity contribution in [2.75, 3.05) is 22.1 Å². The maximum absolute atomic E-state index is 14.0. The van der Waals surface area contributed by atoms with E-state index in [0.29, 0.717) is 11.3 Å². The van der Waals surface area contributed by atoms with Crippen molar-refractivity contribution in [3.05, 3.63) is 72.2 Å². The topological polar surface area (TPSA) is 109 Å². The van der Waals surface area contributed by atoms with Gasteiger partial charge >= 0.3 is 12.3 Å². The molecule has 0 aliphatic carbocycles. The standard InChI is InChI=1S/C27H26F4N6O3/c1-5-24(38)35-17-6-7-20(27(29,30)31)18(11-17)19-12-33-21(10-14(19)2)16(4)34-25-32-9-8-23(36-25)37-22(15(3)28)13-40-26(37)39/h5-12,15-16,22H,1,13H2,2-4H3,(H,35,38)(H,32,34,36)/t15-,16-,22+/m0/s1. The third kappa shape index (κ3) is 6.03. The van der Waals surface area contributed by atoms with E-state index in [1.807, 2.05) is 0 Å². The fraction of sp³-hybridized carbons (Fsp3) is 0.296. The molecule has 2 aromatic heterocycles. The van der Waals surface area contributed by atoms with Crippen molar-refractivity contribution >= 4 is 29.5 Å². The van der Waals surface area contributed by atoms with Crippen LogP contribution in [0.15, 0.2) is 55.4 Å². The molecular weight excluding hydrogens is 532 g/mol. The molecule has 4 rings (SSSR count). The van der Waals surface area contributed by atoms with Crippen molar-refractivity contribution in [3.8, 4) is 11.1 Å². The van der Waals surface area contributed by atoms with E-state index >= 15 is 0 Å². The third-order valence-electron chi connectivity index (χ3n) is 6.31. The summed E-state index contributed by atoms with van der Waals surface area (Å²) in [5.74, 6) is -0.272. The number of anilines is 3. The molecule has 0 spiro atoms. The molecular formula is C27H26F4N6O3. The van der Waals surface area contributed by atoms with Gasteiger partial charge in [0.2, 0.25) is 11.9 Å². The number of benzene rings is 1. The van der Waals surface area contributed by atoms with Crippen LogP contribution in [0, 0.1) is 6.92 Å². The summed E-state index contributed by atoms with van der Waals surface area (Å²) in [6.07, 6.45) is -2.95. The van der Waals surface area contributed by atoms with E-state index in [9.17, 15) is 27.2 Å². The Hall–Kier alpha value is -4.55. The van der Waals surface area contributed by atoms with Crippen molar-refractivity contribution in [3.63, 3.8) is 0 Å². The molecule has 0 saturated carbocycles. The highest BCUT2D eigenvalue weighted by Gasteiger charge is 2.39. The Bertz CT molecular complexity index is 1450. The number of nitrogens with one attached hydrogen (secondary N) is 2. The molecule has 0 radical (unpaired) electrons. The third-order valence-corrected chi connectivity index (χ3v) is 6.31. The van der Waals surface area contributed by atoms with Gasteiger partial charge in [0.25, 0.3) is 0 Å². The fourth-order valence-corrected chi connectivity index (χ4v) is 4.24. The second kappa shape index (κ2) is 11.3. The summed E-state index contributed by atoms with van der Waals surface area (Å²) >= 11 is 0. The van der Waals surface area contributed by atoms with E-state index in [4.69, 9.17) is 4.74 Å². The first kappa shape index (κ1) is 28.5. The van der Waals surface area contributed by atoms with E-state index in [1.54, 1.807) is 19.9 Å². The highest BCUT2D eigenvalue weighted by molar-refractivity contribution is 5.99. The Morgan fingerprint density at radius 1 is 1.20 bits per heavy atom. The molecule has 3 aromatic rings. The monoisotopic (exact) mass is 558 g/mol. The van der Waals surface area contributed by atoms with Crippen LogP contribution in [0.25, 0.3) is 11.1 Å². The van der Waals surface area contributed by atoms with Crippen LogP contribution in [0.4, 0.5) is 39.8 Å². The Kier molecular flexibility index (Phi) is 8.03. The Morgan fingerprint density at radius 3 is 2.60 bits per heavy atom. The van der Waals surface area contributed by atoms with Crippen molar-refractivity contribution < 1.29 is 31.9 Å². The van der Waals surface area contributed by atoms with Gasteiger partial charge in [-0.2, -0.15) is 18.2 Å². The van der Waals surface area contributed by atoms with Crippen molar-refractivity contribution in [1.82, 2.24) is 15.0 Å². The first-order valence-electron chi connectivity index (χ1n) is 12.2. The summed E-state index contributed by atoms with van der Waals surface area (Å²) in [7, 11) is 0. The number of alkyl halides is 4. The smallest absolute Gasteiger partial charge is 0.417 e. The van der Waals surface area contributed by atoms with Crippen LogP contribution >= 0.6 is 0 Å². The molecule has 0 bridgehead atoms. The molecule has 1 aliphatic rings. The number of hydrogen-bond acceptors (Lipinski definition) is 7. The number of hydrogen-bond donors (Lipinski definition) is 2. The second-order valence-electron chi connectivity index (χ2n) is 9.17. The second-order valence-corrected chi connectivity index (χ2v) is 9.17. The number of rotatable bonds is 8. The lowest BCUT2D eigenvalue weighted by Crippen LogP contribution is -2.39. The van der Waals surface area contributed by atoms with Crippen molar-refractivity contribution in [2.24, 2.45) is 0 Å². The molecule has 1 aliphatic heterocycles. The van der Waals surface area contributed by atoms with Gasteiger partial charge < -0.3 is 15.4 Å². The minimum absolute atomic E-state index is 0.102. The van der Waals surface area contributed by atoms with Gasteiger partial charge in [0.1, 0.15) is 24.6 Å². The van der Waals surface area contributed by atoms with Crippen molar-refractivity contribution in [1.29, 1.82) is 0 Å². The molecule has 3 heterocycles. The molecule has 3 atom stereocenters. The fourth-order valence-electron chi connectivity index (χ4n) is 4.24. The predicted octanol–water partition coefficient (Wildman–Crippen LogP) is 5.85. The lowest BCUT2D eigenvalue weighted by atomic mass is 9.95. The van der Waals surface area contributed by atoms with E-state index in [2.05, 4.69) is 32.2 Å². The van der Waals surface area contributed by atoms with Crippen LogP contribution in [0.1, 0.15) is 36.7 Å². The van der Waals surface area contributed by atoms with Crippen molar-refractivity contribution in [2.45, 2.75) is 45.2 Å². The number of ether oxygens (including phenoxy) is 1. The van der Waals surface area contributed by atoms with Crippen LogP contribution in [-0.4, -0.2) is 45.8 Å². The van der Waals surface area contributed by atoms with Gasteiger partial charge in [-0.25, -0.2) is 14.2 Å². The number of nitrogens with zero attached hydrogens (tertiary/aromatic N) is 4. The van der Waals surface area contributed by atoms with E-state index in [1.165, 1.54) is 37.5 Å². The minimum atomic E-state index is -4.64. The zero-order chi connectivity index (χ0) is 29.2. The largest absolute Gasteiger partial charge is 0.447 e. The highest BCUT2D eigenvalue weighted by atomic mass is 19.4. The Morgan fingerprint density at radius 2 is 1.95 bits per heavy atom. The van der Waals surface area contributed by atoms with Gasteiger partial charge in [0.05, 0.1) is 17.3 Å². The van der Waals surface area contributed by atoms with Gasteiger partial charge in [0, 0.05) is 23.6 Å². The molecule has 1 saturated heterocycles. The average Bonchev–Trinajstić information content (AvgIpc) is 3.29. The number of cyclic esters (lactones) is 1. The van der Waals surface area contributed by atoms with Crippen LogP contribution < -0.4 is 15.5 Å². The van der Waals surface area contributed by atoms with Gasteiger partial charge in [-0.05, 0) is 68.3 Å². The van der Waals surface area contributed by atoms with Crippen LogP contribution in [0.5, 0.6) is 0 Å². The number of amides is 2. The molecule has 1 fully saturated rings. The van der Waals surface area contributed by atoms with Gasteiger partial charge in [-0.1, -0.05) is 6.58 Å². The molecule has 0 unspecified atom stereocenters. The lowest BCUT2D eigenvalue weighted by molar-refractivity contribution is -0.137. The van der Waals surface area contributed by atoms with Gasteiger partial charge in [0.15, 0.2) is 0 Å². The average molecular weight is 559 g/mol. The summed E-state index contributed by atoms with van der Waals surface area (Å²) < 4.78 is 60.4. The molecule has 2 N–H and O–H groups in total. The SMILES string of the molecule is C=CC(=O)Nc1ccc(C(F)(F)F)c(-c2cnc([C@H](C)Nc3nccc(N4C(=O)OC[C@@H]4[C@H](C)F)n3)cc2C)c1. The Balaban J connectivity index is 1.60. The maximum Gasteiger partial charge on any atom is 0.417 e. The molecule has 1 aromatic carbocycles. The summed E-state index contributed by atoms with van der Waals surface area (Å²) in [6.45, 7) is 7.97. The maximum atomic E-state index is 14.0. The number of aryl methyl sites for hydroxylation is 1. The summed E-state index contributed by atoms with van der Waals surface area (Å²) in [4.78, 5) is 37.8. The molecule has 2 amide bonds. The van der Waals surface area contributed by atoms with Gasteiger partial charge in [-0.3, -0.25) is 14.7 Å². The minimum Gasteiger partial charge on any atom is -0.447 e. The normalized spacial score (nSPS) is 16.7. The lowest BCUT2D eigenvalue weighted by Gasteiger charge is -2.22. The zero-order valence-electron chi connectivity index (χ0n) is 21.8. The van der Waals surface area contributed by atoms with Crippen LogP contribution in [-0.2, 0) is 15.7 Å². The first-order valence-corrected chi connectivity index (χ1v) is 12.2. The number of aromatic nitrogens is 3. The predicted molar refractivity (Wildman–Crippen MR) is 140 cm³/mol. The number of pyridine rings is 1. The number of halogens is 4. The van der Waals surface area contributed by atoms with E-state index in [0.717, 1.165) is 17.0 Å². The molecule has 210 valence electrons. The summed E-state index contributed by atoms with van der Waals surface area (Å²) in [5.41, 5.74) is 0.377. The van der Waals surface area contributed by atoms with Gasteiger partial charge in [-0.15, -0.1) is 0 Å². The Labute approximate surface area is 227 Å². The quantitative estimate of drug-likeness (QED) is 0.264. The first-order chi connectivity index (χ1) is 18.9. The summed E-state index contributed by atoms with van der Waals surface area (Å²) in [5, 5.41) is 5.52. The van der Waals surface area contributed by atoms with Crippen LogP contribution in [0.2, 0.25) is 0 Å². The van der Waals surface area contributed by atoms with Crippen LogP contribution in [0.3, 0.4) is 0 Å². The highest BCUT2D eigenvalue weighted by Crippen LogP contribution is 2.40. The molecule has 9 nitrogen and oxygen atoms in total. The molecule has 13 heteroatoms. The number of carbonyl (C=O) groups excluding carboxylic acids is 2. The summed E-state index contributed by atoms with van der Waals surface area (Å²) in [6, 6.07) is 5.08.